The van der Waals surface area contributed by atoms with Crippen LogP contribution in [0.3, 0.4) is 0 Å². The maximum absolute atomic E-state index is 11.6. The summed E-state index contributed by atoms with van der Waals surface area (Å²) >= 11 is 3.09. The summed E-state index contributed by atoms with van der Waals surface area (Å²) in [5, 5.41) is 32.1. The highest BCUT2D eigenvalue weighted by molar-refractivity contribution is 9.10. The van der Waals surface area contributed by atoms with Gasteiger partial charge in [0.1, 0.15) is 11.3 Å². The number of carbonyl (C=O) groups excluding carboxylic acids is 1. The fourth-order valence-electron chi connectivity index (χ4n) is 2.88. The van der Waals surface area contributed by atoms with Crippen molar-refractivity contribution in [2.75, 3.05) is 0 Å². The summed E-state index contributed by atoms with van der Waals surface area (Å²) in [5.74, 6) is -0.414. The molecular weight excluding hydrogens is 460 g/mol. The number of halogens is 1. The third-order valence-electron chi connectivity index (χ3n) is 4.19. The van der Waals surface area contributed by atoms with E-state index in [1.165, 1.54) is 13.8 Å². The molecule has 0 aliphatic heterocycles. The Morgan fingerprint density at radius 2 is 1.77 bits per heavy atom. The number of azo groups is 1. The number of fused-ring (bicyclic) bond motifs is 1. The summed E-state index contributed by atoms with van der Waals surface area (Å²) < 4.78 is 5.33. The Morgan fingerprint density at radius 1 is 1.07 bits per heavy atom. The largest absolute Gasteiger partial charge is 0.424 e. The van der Waals surface area contributed by atoms with Crippen molar-refractivity contribution in [3.05, 3.63) is 72.7 Å². The van der Waals surface area contributed by atoms with Crippen molar-refractivity contribution in [1.82, 2.24) is 0 Å². The number of hydrogen-bond acceptors (Lipinski definition) is 8. The molecule has 0 saturated heterocycles. The average Bonchev–Trinajstić information content (AvgIpc) is 2.68. The van der Waals surface area contributed by atoms with Crippen molar-refractivity contribution in [3.8, 4) is 5.75 Å². The van der Waals surface area contributed by atoms with Crippen molar-refractivity contribution < 1.29 is 19.4 Å². The SMILES string of the molecule is CC(=O)Oc1c(N=Nc2c(Br)cc([N+](=O)[O-])c(C)c2[N+](=O)[O-])ccc2ccccc12. The van der Waals surface area contributed by atoms with E-state index in [9.17, 15) is 25.0 Å². The maximum atomic E-state index is 11.6. The smallest absolute Gasteiger partial charge is 0.308 e. The third-order valence-corrected chi connectivity index (χ3v) is 4.80. The van der Waals surface area contributed by atoms with Crippen LogP contribution in [0.2, 0.25) is 0 Å². The molecule has 3 rings (SSSR count). The normalized spacial score (nSPS) is 11.0. The van der Waals surface area contributed by atoms with Crippen molar-refractivity contribution in [3.63, 3.8) is 0 Å². The number of ether oxygens (including phenoxy) is 1. The van der Waals surface area contributed by atoms with Crippen LogP contribution in [-0.2, 0) is 4.79 Å². The monoisotopic (exact) mass is 472 g/mol. The van der Waals surface area contributed by atoms with Gasteiger partial charge in [-0.3, -0.25) is 25.0 Å². The fourth-order valence-corrected chi connectivity index (χ4v) is 3.37. The van der Waals surface area contributed by atoms with Gasteiger partial charge in [-0.15, -0.1) is 10.2 Å². The lowest BCUT2D eigenvalue weighted by molar-refractivity contribution is -0.394. The second-order valence-electron chi connectivity index (χ2n) is 6.14. The number of rotatable bonds is 5. The number of carbonyl (C=O) groups is 1. The Balaban J connectivity index is 2.20. The van der Waals surface area contributed by atoms with Gasteiger partial charge in [-0.25, -0.2) is 0 Å². The quantitative estimate of drug-likeness (QED) is 0.145. The van der Waals surface area contributed by atoms with Gasteiger partial charge < -0.3 is 4.74 Å². The highest BCUT2D eigenvalue weighted by atomic mass is 79.9. The molecule has 11 heteroatoms. The lowest BCUT2D eigenvalue weighted by atomic mass is 10.1. The van der Waals surface area contributed by atoms with Gasteiger partial charge in [-0.1, -0.05) is 30.3 Å². The first-order valence-electron chi connectivity index (χ1n) is 8.44. The zero-order chi connectivity index (χ0) is 22.0. The zero-order valence-electron chi connectivity index (χ0n) is 15.7. The molecule has 152 valence electrons. The standard InChI is InChI=1S/C19H13BrN4O6/c1-10-16(23(26)27)9-14(20)17(18(10)24(28)29)22-21-15-8-7-12-5-3-4-6-13(12)19(15)30-11(2)25/h3-9H,1-2H3. The summed E-state index contributed by atoms with van der Waals surface area (Å²) in [5.41, 5.74) is -1.14. The molecule has 3 aromatic carbocycles. The van der Waals surface area contributed by atoms with Gasteiger partial charge in [-0.2, -0.15) is 0 Å². The molecule has 0 fully saturated rings. The maximum Gasteiger partial charge on any atom is 0.308 e. The van der Waals surface area contributed by atoms with Crippen LogP contribution in [0.25, 0.3) is 10.8 Å². The van der Waals surface area contributed by atoms with E-state index < -0.39 is 27.2 Å². The molecule has 30 heavy (non-hydrogen) atoms. The minimum absolute atomic E-state index is 0.0325. The Morgan fingerprint density at radius 3 is 2.40 bits per heavy atom. The number of nitro groups is 2. The first-order chi connectivity index (χ1) is 14.2. The predicted molar refractivity (Wildman–Crippen MR) is 112 cm³/mol. The molecular formula is C19H13BrN4O6. The van der Waals surface area contributed by atoms with E-state index in [4.69, 9.17) is 4.74 Å². The Bertz CT molecular complexity index is 1240. The molecule has 0 atom stereocenters. The number of nitrogens with zero attached hydrogens (tertiary/aromatic N) is 4. The van der Waals surface area contributed by atoms with Crippen LogP contribution in [0.1, 0.15) is 12.5 Å². The molecule has 0 bridgehead atoms. The van der Waals surface area contributed by atoms with Gasteiger partial charge in [0, 0.05) is 18.4 Å². The molecule has 0 aliphatic carbocycles. The van der Waals surface area contributed by atoms with Crippen molar-refractivity contribution in [1.29, 1.82) is 0 Å². The van der Waals surface area contributed by atoms with Gasteiger partial charge in [0.05, 0.1) is 14.3 Å². The second-order valence-corrected chi connectivity index (χ2v) is 7.00. The van der Waals surface area contributed by atoms with Gasteiger partial charge >= 0.3 is 11.7 Å². The number of nitro benzene ring substituents is 2. The van der Waals surface area contributed by atoms with E-state index in [2.05, 4.69) is 26.2 Å². The molecule has 0 unspecified atom stereocenters. The van der Waals surface area contributed by atoms with E-state index in [0.717, 1.165) is 11.5 Å². The molecule has 3 aromatic rings. The van der Waals surface area contributed by atoms with Gasteiger partial charge in [-0.05, 0) is 34.3 Å². The lowest BCUT2D eigenvalue weighted by Crippen LogP contribution is -2.02. The summed E-state index contributed by atoms with van der Waals surface area (Å²) in [4.78, 5) is 32.8. The fraction of sp³-hybridized carbons (Fsp3) is 0.105. The molecule has 0 N–H and O–H groups in total. The molecule has 0 spiro atoms. The number of esters is 1. The van der Waals surface area contributed by atoms with E-state index in [-0.39, 0.29) is 27.2 Å². The Kier molecular flexibility index (Phi) is 5.83. The number of benzene rings is 3. The minimum Gasteiger partial charge on any atom is -0.424 e. The zero-order valence-corrected chi connectivity index (χ0v) is 17.2. The first-order valence-corrected chi connectivity index (χ1v) is 9.23. The lowest BCUT2D eigenvalue weighted by Gasteiger charge is -2.09. The Hall–Kier alpha value is -3.73. The highest BCUT2D eigenvalue weighted by Crippen LogP contribution is 2.44. The third kappa shape index (κ3) is 4.01. The van der Waals surface area contributed by atoms with Crippen molar-refractivity contribution in [2.24, 2.45) is 10.2 Å². The molecule has 10 nitrogen and oxygen atoms in total. The van der Waals surface area contributed by atoms with Crippen LogP contribution in [0.4, 0.5) is 22.7 Å². The molecule has 0 radical (unpaired) electrons. The van der Waals surface area contributed by atoms with Gasteiger partial charge in [0.25, 0.3) is 5.69 Å². The number of hydrogen-bond donors (Lipinski definition) is 0. The van der Waals surface area contributed by atoms with E-state index >= 15 is 0 Å². The molecule has 0 amide bonds. The van der Waals surface area contributed by atoms with Crippen LogP contribution in [0.15, 0.2) is 57.2 Å². The van der Waals surface area contributed by atoms with Crippen LogP contribution in [0, 0.1) is 27.2 Å². The molecule has 0 heterocycles. The van der Waals surface area contributed by atoms with Crippen LogP contribution in [0.5, 0.6) is 5.75 Å². The van der Waals surface area contributed by atoms with Crippen LogP contribution >= 0.6 is 15.9 Å². The second kappa shape index (κ2) is 8.33. The summed E-state index contributed by atoms with van der Waals surface area (Å²) in [6.07, 6.45) is 0. The predicted octanol–water partition coefficient (Wildman–Crippen LogP) is 6.07. The molecule has 0 aromatic heterocycles. The topological polar surface area (TPSA) is 137 Å². The minimum atomic E-state index is -0.755. The Labute approximate surface area is 177 Å². The molecule has 0 aliphatic rings. The van der Waals surface area contributed by atoms with Crippen molar-refractivity contribution >= 4 is 55.4 Å². The van der Waals surface area contributed by atoms with Crippen molar-refractivity contribution in [2.45, 2.75) is 13.8 Å². The summed E-state index contributed by atoms with van der Waals surface area (Å²) in [6, 6.07) is 11.6. The van der Waals surface area contributed by atoms with E-state index in [1.54, 1.807) is 24.3 Å². The van der Waals surface area contributed by atoms with Gasteiger partial charge in [0.15, 0.2) is 11.4 Å². The van der Waals surface area contributed by atoms with E-state index in [1.807, 2.05) is 12.1 Å². The molecule has 0 saturated carbocycles. The van der Waals surface area contributed by atoms with E-state index in [0.29, 0.717) is 5.39 Å². The first kappa shape index (κ1) is 21.0. The van der Waals surface area contributed by atoms with Crippen LogP contribution in [-0.4, -0.2) is 15.8 Å². The van der Waals surface area contributed by atoms with Gasteiger partial charge in [0.2, 0.25) is 0 Å². The van der Waals surface area contributed by atoms with Crippen LogP contribution < -0.4 is 4.74 Å². The highest BCUT2D eigenvalue weighted by Gasteiger charge is 2.29. The average molecular weight is 473 g/mol. The summed E-state index contributed by atoms with van der Waals surface area (Å²) in [6.45, 7) is 2.51. The summed E-state index contributed by atoms with van der Waals surface area (Å²) in [7, 11) is 0.